The topological polar surface area (TPSA) is 3.24 Å². The van der Waals surface area contributed by atoms with Gasteiger partial charge in [0.15, 0.2) is 0 Å². The summed E-state index contributed by atoms with van der Waals surface area (Å²) in [5.41, 5.74) is 10.8. The van der Waals surface area contributed by atoms with Crippen molar-refractivity contribution >= 4 is 11.3 Å². The minimum absolute atomic E-state index is 0.0867. The third-order valence-electron chi connectivity index (χ3n) is 4.24. The Morgan fingerprint density at radius 1 is 1.37 bits per heavy atom. The van der Waals surface area contributed by atoms with E-state index >= 15 is 0 Å². The normalized spacial score (nSPS) is 19.0. The van der Waals surface area contributed by atoms with E-state index in [-0.39, 0.29) is 5.41 Å². The average Bonchev–Trinajstić information content (AvgIpc) is 2.38. The predicted molar refractivity (Wildman–Crippen MR) is 82.0 cm³/mol. The van der Waals surface area contributed by atoms with E-state index < -0.39 is 0 Å². The summed E-state index contributed by atoms with van der Waals surface area (Å²) in [6.07, 6.45) is 4.92. The summed E-state index contributed by atoms with van der Waals surface area (Å²) in [6, 6.07) is 4.45. The highest BCUT2D eigenvalue weighted by molar-refractivity contribution is 5.90. The van der Waals surface area contributed by atoms with E-state index in [0.717, 1.165) is 17.7 Å². The Kier molecular flexibility index (Phi) is 2.39. The molecule has 0 spiro atoms. The molecule has 0 aromatic heterocycles. The number of nitrogens with zero attached hydrogens (tertiary/aromatic N) is 1. The van der Waals surface area contributed by atoms with Crippen molar-refractivity contribution in [2.45, 2.75) is 27.2 Å². The number of benzene rings is 1. The van der Waals surface area contributed by atoms with E-state index in [2.05, 4.69) is 56.7 Å². The molecule has 19 heavy (non-hydrogen) atoms. The highest BCUT2D eigenvalue weighted by atomic mass is 15.2. The summed E-state index contributed by atoms with van der Waals surface area (Å²) in [5.74, 6) is 0. The van der Waals surface area contributed by atoms with Gasteiger partial charge < -0.3 is 4.90 Å². The molecule has 0 atom stereocenters. The van der Waals surface area contributed by atoms with Crippen LogP contribution >= 0.6 is 0 Å². The fourth-order valence-corrected chi connectivity index (χ4v) is 3.04. The van der Waals surface area contributed by atoms with Crippen molar-refractivity contribution in [3.63, 3.8) is 0 Å². The third kappa shape index (κ3) is 1.55. The molecule has 3 rings (SSSR count). The number of allylic oxidation sites excluding steroid dienone is 3. The van der Waals surface area contributed by atoms with Crippen LogP contribution in [0.4, 0.5) is 5.69 Å². The second kappa shape index (κ2) is 3.76. The molecule has 0 saturated carbocycles. The molecule has 0 aliphatic carbocycles. The van der Waals surface area contributed by atoms with Crippen LogP contribution in [0.25, 0.3) is 5.57 Å². The van der Waals surface area contributed by atoms with Crippen molar-refractivity contribution in [3.05, 3.63) is 65.7 Å². The molecule has 1 heteroatoms. The lowest BCUT2D eigenvalue weighted by atomic mass is 9.76. The Bertz CT molecular complexity index is 667. The van der Waals surface area contributed by atoms with Crippen LogP contribution in [-0.2, 0) is 6.42 Å². The summed E-state index contributed by atoms with van der Waals surface area (Å²) in [4.78, 5) is 2.20. The Morgan fingerprint density at radius 2 is 2.11 bits per heavy atom. The molecule has 0 fully saturated rings. The van der Waals surface area contributed by atoms with Crippen molar-refractivity contribution in [1.29, 1.82) is 0 Å². The van der Waals surface area contributed by atoms with Crippen LogP contribution in [0.15, 0.2) is 49.0 Å². The first-order valence-corrected chi connectivity index (χ1v) is 6.66. The quantitative estimate of drug-likeness (QED) is 0.658. The highest BCUT2D eigenvalue weighted by Crippen LogP contribution is 2.48. The molecule has 1 aromatic carbocycles. The van der Waals surface area contributed by atoms with Gasteiger partial charge >= 0.3 is 0 Å². The summed E-state index contributed by atoms with van der Waals surface area (Å²) >= 11 is 0. The minimum Gasteiger partial charge on any atom is -0.313 e. The minimum atomic E-state index is 0.0867. The van der Waals surface area contributed by atoms with Crippen LogP contribution in [0.2, 0.25) is 0 Å². The van der Waals surface area contributed by atoms with Gasteiger partial charge in [-0.15, -0.1) is 0 Å². The van der Waals surface area contributed by atoms with Gasteiger partial charge in [0.25, 0.3) is 0 Å². The molecule has 0 bridgehead atoms. The zero-order valence-electron chi connectivity index (χ0n) is 11.9. The lowest BCUT2D eigenvalue weighted by Crippen LogP contribution is -2.35. The lowest BCUT2D eigenvalue weighted by molar-refractivity contribution is 0.424. The second-order valence-electron chi connectivity index (χ2n) is 6.03. The maximum Gasteiger partial charge on any atom is 0.0578 e. The summed E-state index contributed by atoms with van der Waals surface area (Å²) in [7, 11) is 0. The number of hydrogen-bond donors (Lipinski definition) is 0. The molecule has 0 amide bonds. The van der Waals surface area contributed by atoms with Gasteiger partial charge in [0.1, 0.15) is 0 Å². The van der Waals surface area contributed by atoms with Gasteiger partial charge in [-0.25, -0.2) is 0 Å². The van der Waals surface area contributed by atoms with E-state index in [1.807, 2.05) is 12.3 Å². The molecular weight excluding hydrogens is 230 g/mol. The molecule has 0 saturated heterocycles. The number of hydrogen-bond acceptors (Lipinski definition) is 1. The van der Waals surface area contributed by atoms with Gasteiger partial charge in [-0.3, -0.25) is 0 Å². The van der Waals surface area contributed by atoms with Crippen LogP contribution < -0.4 is 4.90 Å². The Balaban J connectivity index is 2.37. The highest BCUT2D eigenvalue weighted by Gasteiger charge is 2.36. The molecule has 2 heterocycles. The first-order valence-electron chi connectivity index (χ1n) is 6.66. The zero-order chi connectivity index (χ0) is 13.8. The van der Waals surface area contributed by atoms with E-state index in [1.54, 1.807) is 0 Å². The van der Waals surface area contributed by atoms with E-state index in [9.17, 15) is 0 Å². The van der Waals surface area contributed by atoms with Crippen LogP contribution in [0.3, 0.4) is 0 Å². The number of anilines is 1. The summed E-state index contributed by atoms with van der Waals surface area (Å²) in [5, 5.41) is 0. The van der Waals surface area contributed by atoms with Crippen molar-refractivity contribution < 1.29 is 0 Å². The molecule has 2 aliphatic rings. The van der Waals surface area contributed by atoms with Gasteiger partial charge in [-0.1, -0.05) is 50.9 Å². The van der Waals surface area contributed by atoms with Crippen LogP contribution in [0.1, 0.15) is 30.5 Å². The number of aryl methyl sites for hydroxylation is 1. The molecule has 1 aromatic rings. The maximum absolute atomic E-state index is 4.29. The first kappa shape index (κ1) is 12.1. The molecule has 2 aliphatic heterocycles. The van der Waals surface area contributed by atoms with Gasteiger partial charge in [0.2, 0.25) is 0 Å². The van der Waals surface area contributed by atoms with Gasteiger partial charge in [0, 0.05) is 22.2 Å². The smallest absolute Gasteiger partial charge is 0.0578 e. The Hall–Kier alpha value is -1.98. The van der Waals surface area contributed by atoms with Crippen molar-refractivity contribution in [2.24, 2.45) is 5.41 Å². The Labute approximate surface area is 115 Å². The fraction of sp³-hybridized carbons (Fsp3) is 0.278. The molecular formula is C18H19N. The molecule has 0 unspecified atom stereocenters. The molecule has 0 N–H and O–H groups in total. The Morgan fingerprint density at radius 3 is 2.79 bits per heavy atom. The number of rotatable bonds is 1. The third-order valence-corrected chi connectivity index (χ3v) is 4.24. The van der Waals surface area contributed by atoms with Crippen LogP contribution in [-0.4, -0.2) is 0 Å². The SMILES string of the molecule is C=CC1=C=CN2C(=C)C(C)(C)Cc3ccc(C)c1c32. The fourth-order valence-electron chi connectivity index (χ4n) is 3.04. The lowest BCUT2D eigenvalue weighted by Gasteiger charge is -2.43. The van der Waals surface area contributed by atoms with E-state index in [4.69, 9.17) is 0 Å². The summed E-state index contributed by atoms with van der Waals surface area (Å²) < 4.78 is 0. The van der Waals surface area contributed by atoms with Crippen LogP contribution in [0.5, 0.6) is 0 Å². The summed E-state index contributed by atoms with van der Waals surface area (Å²) in [6.45, 7) is 14.8. The maximum atomic E-state index is 4.29. The zero-order valence-corrected chi connectivity index (χ0v) is 11.9. The monoisotopic (exact) mass is 249 g/mol. The molecule has 1 nitrogen and oxygen atoms in total. The standard InChI is InChI=1S/C18H19N/c1-6-14-9-10-19-13(3)18(4,5)11-15-8-7-12(2)16(14)17(15)19/h6-8,10H,1,3,11H2,2,4-5H3. The van der Waals surface area contributed by atoms with Crippen molar-refractivity contribution in [3.8, 4) is 0 Å². The second-order valence-corrected chi connectivity index (χ2v) is 6.03. The molecule has 0 radical (unpaired) electrons. The van der Waals surface area contributed by atoms with Gasteiger partial charge in [0.05, 0.1) is 11.9 Å². The van der Waals surface area contributed by atoms with Crippen LogP contribution in [0, 0.1) is 12.3 Å². The van der Waals surface area contributed by atoms with Gasteiger partial charge in [-0.2, -0.15) is 0 Å². The van der Waals surface area contributed by atoms with E-state index in [1.165, 1.54) is 22.4 Å². The average molecular weight is 249 g/mol. The van der Waals surface area contributed by atoms with E-state index in [0.29, 0.717) is 0 Å². The van der Waals surface area contributed by atoms with Gasteiger partial charge in [-0.05, 0) is 24.5 Å². The first-order chi connectivity index (χ1) is 8.95. The van der Waals surface area contributed by atoms with Crippen molar-refractivity contribution in [1.82, 2.24) is 0 Å². The van der Waals surface area contributed by atoms with Crippen molar-refractivity contribution in [2.75, 3.05) is 4.90 Å². The predicted octanol–water partition coefficient (Wildman–Crippen LogP) is 4.59. The largest absolute Gasteiger partial charge is 0.313 e. The molecule has 96 valence electrons.